The summed E-state index contributed by atoms with van der Waals surface area (Å²) in [5.41, 5.74) is 1.98. The molecule has 0 bridgehead atoms. The normalized spacial score (nSPS) is 20.0. The molecule has 9 heteroatoms. The summed E-state index contributed by atoms with van der Waals surface area (Å²) >= 11 is 8.12. The zero-order chi connectivity index (χ0) is 19.8. The van der Waals surface area contributed by atoms with Crippen LogP contribution in [0.25, 0.3) is 0 Å². The number of nitrogens with zero attached hydrogens (tertiary/aromatic N) is 3. The number of likely N-dealkylation sites (tertiary alicyclic amines) is 1. The van der Waals surface area contributed by atoms with E-state index in [0.29, 0.717) is 30.3 Å². The number of hydrogen-bond acceptors (Lipinski definition) is 6. The molecule has 5 rings (SSSR count). The van der Waals surface area contributed by atoms with Crippen LogP contribution in [0.15, 0.2) is 23.5 Å². The Morgan fingerprint density at radius 3 is 3.03 bits per heavy atom. The van der Waals surface area contributed by atoms with E-state index in [1.807, 2.05) is 11.0 Å². The van der Waals surface area contributed by atoms with Crippen molar-refractivity contribution in [3.05, 3.63) is 34.6 Å². The number of carbonyl (C=O) groups is 1. The van der Waals surface area contributed by atoms with Gasteiger partial charge in [0.1, 0.15) is 0 Å². The Morgan fingerprint density at radius 1 is 1.31 bits per heavy atom. The summed E-state index contributed by atoms with van der Waals surface area (Å²) in [5, 5.41) is 5.20. The fourth-order valence-electron chi connectivity index (χ4n) is 4.11. The number of thioether (sulfide) groups is 1. The summed E-state index contributed by atoms with van der Waals surface area (Å²) in [6.07, 6.45) is 4.54. The molecule has 4 heterocycles. The third kappa shape index (κ3) is 3.93. The number of aryl methyl sites for hydroxylation is 1. The molecule has 1 atom stereocenters. The molecule has 1 amide bonds. The predicted molar refractivity (Wildman–Crippen MR) is 110 cm³/mol. The first-order valence-electron chi connectivity index (χ1n) is 9.94. The van der Waals surface area contributed by atoms with Crippen LogP contribution in [-0.2, 0) is 24.4 Å². The number of nitrogens with one attached hydrogen (secondary N) is 1. The van der Waals surface area contributed by atoms with Gasteiger partial charge in [0, 0.05) is 48.6 Å². The Balaban J connectivity index is 1.14. The van der Waals surface area contributed by atoms with Crippen LogP contribution in [0.1, 0.15) is 30.5 Å². The second kappa shape index (κ2) is 8.08. The maximum atomic E-state index is 12.4. The molecule has 0 saturated carbocycles. The lowest BCUT2D eigenvalue weighted by Gasteiger charge is -2.24. The van der Waals surface area contributed by atoms with Crippen LogP contribution in [0.5, 0.6) is 11.5 Å². The molecule has 3 aliphatic heterocycles. The zero-order valence-corrected chi connectivity index (χ0v) is 17.6. The third-order valence-corrected chi connectivity index (χ3v) is 6.97. The van der Waals surface area contributed by atoms with Gasteiger partial charge in [-0.1, -0.05) is 23.4 Å². The van der Waals surface area contributed by atoms with Gasteiger partial charge in [-0.25, -0.2) is 4.98 Å². The van der Waals surface area contributed by atoms with E-state index in [0.717, 1.165) is 53.8 Å². The Morgan fingerprint density at radius 2 is 2.17 bits per heavy atom. The fourth-order valence-corrected chi connectivity index (χ4v) is 5.29. The van der Waals surface area contributed by atoms with Gasteiger partial charge in [-0.2, -0.15) is 0 Å². The molecular weight excluding hydrogens is 412 g/mol. The van der Waals surface area contributed by atoms with Crippen molar-refractivity contribution in [3.8, 4) is 11.5 Å². The molecular formula is C20H23ClN4O3S. The minimum Gasteiger partial charge on any atom is -0.454 e. The maximum Gasteiger partial charge on any atom is 0.231 e. The van der Waals surface area contributed by atoms with Gasteiger partial charge in [0.2, 0.25) is 12.7 Å². The average molecular weight is 435 g/mol. The Hall–Kier alpha value is -1.90. The Labute approximate surface area is 178 Å². The van der Waals surface area contributed by atoms with Crippen LogP contribution in [0.4, 0.5) is 0 Å². The SMILES string of the molecule is O=C1CC[C@H](CCNCc2cc3c(cc2Cl)OCO3)N1Cc1cn2c(n1)SCC2. The molecule has 2 aromatic rings. The summed E-state index contributed by atoms with van der Waals surface area (Å²) in [7, 11) is 0. The highest BCUT2D eigenvalue weighted by Gasteiger charge is 2.31. The molecule has 1 saturated heterocycles. The van der Waals surface area contributed by atoms with E-state index in [-0.39, 0.29) is 18.7 Å². The van der Waals surface area contributed by atoms with Crippen LogP contribution in [0.2, 0.25) is 5.02 Å². The number of aromatic nitrogens is 2. The second-order valence-electron chi connectivity index (χ2n) is 7.53. The number of carbonyl (C=O) groups excluding carboxylic acids is 1. The van der Waals surface area contributed by atoms with Crippen molar-refractivity contribution in [2.75, 3.05) is 19.1 Å². The molecule has 1 fully saturated rings. The minimum atomic E-state index is 0.231. The van der Waals surface area contributed by atoms with E-state index in [1.54, 1.807) is 17.8 Å². The van der Waals surface area contributed by atoms with Gasteiger partial charge in [-0.15, -0.1) is 0 Å². The summed E-state index contributed by atoms with van der Waals surface area (Å²) in [5.74, 6) is 2.76. The zero-order valence-electron chi connectivity index (χ0n) is 16.0. The Kier molecular flexibility index (Phi) is 5.32. The number of ether oxygens (including phenoxy) is 2. The highest BCUT2D eigenvalue weighted by molar-refractivity contribution is 7.99. The molecule has 7 nitrogen and oxygen atoms in total. The fraction of sp³-hybridized carbons (Fsp3) is 0.500. The lowest BCUT2D eigenvalue weighted by Crippen LogP contribution is -2.34. The van der Waals surface area contributed by atoms with Crippen LogP contribution < -0.4 is 14.8 Å². The van der Waals surface area contributed by atoms with Crippen molar-refractivity contribution in [1.29, 1.82) is 0 Å². The number of benzene rings is 1. The van der Waals surface area contributed by atoms with E-state index < -0.39 is 0 Å². The molecule has 1 aromatic heterocycles. The lowest BCUT2D eigenvalue weighted by molar-refractivity contribution is -0.129. The lowest BCUT2D eigenvalue weighted by atomic mass is 10.1. The molecule has 0 unspecified atom stereocenters. The van der Waals surface area contributed by atoms with Gasteiger partial charge < -0.3 is 24.3 Å². The van der Waals surface area contributed by atoms with Crippen molar-refractivity contribution < 1.29 is 14.3 Å². The number of hydrogen-bond donors (Lipinski definition) is 1. The molecule has 0 radical (unpaired) electrons. The van der Waals surface area contributed by atoms with Crippen molar-refractivity contribution in [1.82, 2.24) is 19.8 Å². The summed E-state index contributed by atoms with van der Waals surface area (Å²) in [6, 6.07) is 3.99. The van der Waals surface area contributed by atoms with Gasteiger partial charge in [-0.05, 0) is 31.0 Å². The predicted octanol–water partition coefficient (Wildman–Crippen LogP) is 3.04. The molecule has 1 N–H and O–H groups in total. The minimum absolute atomic E-state index is 0.231. The number of rotatable bonds is 7. The molecule has 0 spiro atoms. The van der Waals surface area contributed by atoms with Gasteiger partial charge in [-0.3, -0.25) is 4.79 Å². The highest BCUT2D eigenvalue weighted by Crippen LogP contribution is 2.36. The van der Waals surface area contributed by atoms with E-state index in [4.69, 9.17) is 21.1 Å². The van der Waals surface area contributed by atoms with E-state index in [9.17, 15) is 4.79 Å². The maximum absolute atomic E-state index is 12.4. The van der Waals surface area contributed by atoms with Crippen molar-refractivity contribution in [3.63, 3.8) is 0 Å². The molecule has 0 aliphatic carbocycles. The standard InChI is InChI=1S/C20H23ClN4O3S/c21-16-8-18-17(27-12-28-18)7-13(16)9-22-4-3-15-1-2-19(26)25(15)11-14-10-24-5-6-29-20(24)23-14/h7-8,10,15,22H,1-6,9,11-12H2/t15-/m1/s1. The van der Waals surface area contributed by atoms with E-state index >= 15 is 0 Å². The number of fused-ring (bicyclic) bond motifs is 2. The van der Waals surface area contributed by atoms with Crippen LogP contribution in [-0.4, -0.2) is 45.5 Å². The van der Waals surface area contributed by atoms with E-state index in [1.165, 1.54) is 0 Å². The topological polar surface area (TPSA) is 68.6 Å². The van der Waals surface area contributed by atoms with Crippen LogP contribution >= 0.6 is 23.4 Å². The molecule has 1 aromatic carbocycles. The number of halogens is 1. The quantitative estimate of drug-likeness (QED) is 0.675. The average Bonchev–Trinajstić information content (AvgIpc) is 3.45. The summed E-state index contributed by atoms with van der Waals surface area (Å²) in [4.78, 5) is 19.1. The van der Waals surface area contributed by atoms with Crippen LogP contribution in [0.3, 0.4) is 0 Å². The van der Waals surface area contributed by atoms with Gasteiger partial charge in [0.25, 0.3) is 0 Å². The molecule has 3 aliphatic rings. The van der Waals surface area contributed by atoms with Gasteiger partial charge in [0.05, 0.1) is 12.2 Å². The highest BCUT2D eigenvalue weighted by atomic mass is 35.5. The van der Waals surface area contributed by atoms with Gasteiger partial charge >= 0.3 is 0 Å². The smallest absolute Gasteiger partial charge is 0.231 e. The monoisotopic (exact) mass is 434 g/mol. The number of imidazole rings is 1. The Bertz CT molecular complexity index is 913. The van der Waals surface area contributed by atoms with Crippen molar-refractivity contribution >= 4 is 29.3 Å². The van der Waals surface area contributed by atoms with Crippen molar-refractivity contribution in [2.45, 2.75) is 50.1 Å². The second-order valence-corrected chi connectivity index (χ2v) is 9.00. The summed E-state index contributed by atoms with van der Waals surface area (Å²) < 4.78 is 13.0. The third-order valence-electron chi connectivity index (χ3n) is 5.65. The first kappa shape index (κ1) is 19.1. The molecule has 29 heavy (non-hydrogen) atoms. The summed E-state index contributed by atoms with van der Waals surface area (Å²) in [6.45, 7) is 3.33. The van der Waals surface area contributed by atoms with E-state index in [2.05, 4.69) is 21.1 Å². The van der Waals surface area contributed by atoms with Gasteiger partial charge in [0.15, 0.2) is 16.7 Å². The number of amides is 1. The largest absolute Gasteiger partial charge is 0.454 e. The molecule has 154 valence electrons. The van der Waals surface area contributed by atoms with Crippen molar-refractivity contribution in [2.24, 2.45) is 0 Å². The first-order valence-corrected chi connectivity index (χ1v) is 11.3. The first-order chi connectivity index (χ1) is 14.2. The van der Waals surface area contributed by atoms with Crippen LogP contribution in [0, 0.1) is 0 Å².